The first-order valence-corrected chi connectivity index (χ1v) is 9.52. The van der Waals surface area contributed by atoms with Gasteiger partial charge in [0.2, 0.25) is 5.91 Å². The summed E-state index contributed by atoms with van der Waals surface area (Å²) in [6.07, 6.45) is 1.89. The maximum atomic E-state index is 11.9. The second-order valence-electron chi connectivity index (χ2n) is 6.50. The zero-order chi connectivity index (χ0) is 19.0. The highest BCUT2D eigenvalue weighted by molar-refractivity contribution is 5.84. The second kappa shape index (κ2) is 14.1. The number of hydrogen-bond acceptors (Lipinski definition) is 3. The third-order valence-corrected chi connectivity index (χ3v) is 3.68. The molecule has 1 rings (SSSR count). The van der Waals surface area contributed by atoms with Crippen LogP contribution in [-0.2, 0) is 16.0 Å². The SMILES string of the molecule is CCNC(=NCC(=O)NCCc1ccccc1)NCCOCCC(C)C. The Labute approximate surface area is 157 Å². The molecule has 6 heteroatoms. The van der Waals surface area contributed by atoms with Gasteiger partial charge in [0.05, 0.1) is 6.61 Å². The number of carbonyl (C=O) groups excluding carboxylic acids is 1. The van der Waals surface area contributed by atoms with Gasteiger partial charge in [-0.25, -0.2) is 4.99 Å². The van der Waals surface area contributed by atoms with Crippen molar-refractivity contribution < 1.29 is 9.53 Å². The van der Waals surface area contributed by atoms with E-state index in [2.05, 4.69) is 46.9 Å². The lowest BCUT2D eigenvalue weighted by Crippen LogP contribution is -2.40. The number of hydrogen-bond donors (Lipinski definition) is 3. The van der Waals surface area contributed by atoms with Crippen LogP contribution < -0.4 is 16.0 Å². The second-order valence-corrected chi connectivity index (χ2v) is 6.50. The van der Waals surface area contributed by atoms with Crippen molar-refractivity contribution in [1.82, 2.24) is 16.0 Å². The summed E-state index contributed by atoms with van der Waals surface area (Å²) in [6.45, 7) is 9.90. The van der Waals surface area contributed by atoms with Gasteiger partial charge in [-0.15, -0.1) is 0 Å². The maximum absolute atomic E-state index is 11.9. The monoisotopic (exact) mass is 362 g/mol. The normalized spacial score (nSPS) is 11.5. The number of guanidine groups is 1. The largest absolute Gasteiger partial charge is 0.380 e. The van der Waals surface area contributed by atoms with Gasteiger partial charge in [0.15, 0.2) is 5.96 Å². The number of aliphatic imine (C=N–C) groups is 1. The van der Waals surface area contributed by atoms with E-state index in [1.54, 1.807) is 0 Å². The van der Waals surface area contributed by atoms with Crippen LogP contribution in [0.2, 0.25) is 0 Å². The molecule has 0 aliphatic heterocycles. The number of amides is 1. The van der Waals surface area contributed by atoms with E-state index in [0.29, 0.717) is 31.6 Å². The molecule has 0 aliphatic carbocycles. The molecule has 0 unspecified atom stereocenters. The van der Waals surface area contributed by atoms with E-state index in [1.165, 1.54) is 5.56 Å². The molecule has 0 atom stereocenters. The average Bonchev–Trinajstić information content (AvgIpc) is 2.63. The molecular formula is C20H34N4O2. The van der Waals surface area contributed by atoms with Gasteiger partial charge in [0.25, 0.3) is 0 Å². The minimum Gasteiger partial charge on any atom is -0.380 e. The third-order valence-electron chi connectivity index (χ3n) is 3.68. The number of rotatable bonds is 12. The topological polar surface area (TPSA) is 74.8 Å². The molecule has 0 radical (unpaired) electrons. The molecule has 0 saturated heterocycles. The first kappa shape index (κ1) is 22.0. The fraction of sp³-hybridized carbons (Fsp3) is 0.600. The Kier molecular flexibility index (Phi) is 11.9. The third kappa shape index (κ3) is 11.5. The molecule has 6 nitrogen and oxygen atoms in total. The predicted octanol–water partition coefficient (Wildman–Crippen LogP) is 1.96. The van der Waals surface area contributed by atoms with Crippen LogP contribution in [-0.4, -0.2) is 51.3 Å². The summed E-state index contributed by atoms with van der Waals surface area (Å²) in [4.78, 5) is 16.2. The minimum absolute atomic E-state index is 0.0775. The van der Waals surface area contributed by atoms with E-state index in [4.69, 9.17) is 4.74 Å². The van der Waals surface area contributed by atoms with Gasteiger partial charge in [-0.2, -0.15) is 0 Å². The summed E-state index contributed by atoms with van der Waals surface area (Å²) in [5.41, 5.74) is 1.21. The highest BCUT2D eigenvalue weighted by Crippen LogP contribution is 1.98. The summed E-state index contributed by atoms with van der Waals surface area (Å²) < 4.78 is 5.57. The van der Waals surface area contributed by atoms with Crippen molar-refractivity contribution in [3.05, 3.63) is 35.9 Å². The van der Waals surface area contributed by atoms with E-state index in [-0.39, 0.29) is 12.5 Å². The van der Waals surface area contributed by atoms with Crippen LogP contribution in [0.4, 0.5) is 0 Å². The van der Waals surface area contributed by atoms with Crippen LogP contribution in [0.3, 0.4) is 0 Å². The zero-order valence-corrected chi connectivity index (χ0v) is 16.4. The summed E-state index contributed by atoms with van der Waals surface area (Å²) in [5.74, 6) is 1.21. The van der Waals surface area contributed by atoms with Crippen LogP contribution in [0.15, 0.2) is 35.3 Å². The first-order valence-electron chi connectivity index (χ1n) is 9.52. The van der Waals surface area contributed by atoms with Crippen molar-refractivity contribution in [1.29, 1.82) is 0 Å². The van der Waals surface area contributed by atoms with Gasteiger partial charge in [0, 0.05) is 26.2 Å². The van der Waals surface area contributed by atoms with E-state index in [9.17, 15) is 4.79 Å². The molecule has 3 N–H and O–H groups in total. The quantitative estimate of drug-likeness (QED) is 0.302. The first-order chi connectivity index (χ1) is 12.6. The predicted molar refractivity (Wildman–Crippen MR) is 107 cm³/mol. The van der Waals surface area contributed by atoms with E-state index < -0.39 is 0 Å². The van der Waals surface area contributed by atoms with Gasteiger partial charge in [-0.3, -0.25) is 4.79 Å². The molecule has 0 saturated carbocycles. The molecule has 0 aliphatic rings. The Morgan fingerprint density at radius 1 is 1.08 bits per heavy atom. The average molecular weight is 363 g/mol. The molecule has 0 heterocycles. The van der Waals surface area contributed by atoms with Crippen LogP contribution in [0.1, 0.15) is 32.8 Å². The minimum atomic E-state index is -0.0775. The number of nitrogens with one attached hydrogen (secondary N) is 3. The Hall–Kier alpha value is -2.08. The number of carbonyl (C=O) groups is 1. The molecule has 0 fully saturated rings. The van der Waals surface area contributed by atoms with Crippen molar-refractivity contribution in [2.45, 2.75) is 33.6 Å². The van der Waals surface area contributed by atoms with Crippen molar-refractivity contribution in [2.24, 2.45) is 10.9 Å². The van der Waals surface area contributed by atoms with Gasteiger partial charge in [0.1, 0.15) is 6.54 Å². The van der Waals surface area contributed by atoms with Crippen molar-refractivity contribution >= 4 is 11.9 Å². The van der Waals surface area contributed by atoms with Gasteiger partial charge in [-0.05, 0) is 31.2 Å². The van der Waals surface area contributed by atoms with Crippen LogP contribution in [0.5, 0.6) is 0 Å². The molecule has 1 aromatic carbocycles. The van der Waals surface area contributed by atoms with E-state index >= 15 is 0 Å². The Balaban J connectivity index is 2.21. The van der Waals surface area contributed by atoms with Gasteiger partial charge >= 0.3 is 0 Å². The van der Waals surface area contributed by atoms with Gasteiger partial charge < -0.3 is 20.7 Å². The lowest BCUT2D eigenvalue weighted by atomic mass is 10.1. The molecule has 1 amide bonds. The Morgan fingerprint density at radius 2 is 1.85 bits per heavy atom. The summed E-state index contributed by atoms with van der Waals surface area (Å²) in [5, 5.41) is 9.21. The van der Waals surface area contributed by atoms with E-state index in [1.807, 2.05) is 25.1 Å². The molecule has 1 aromatic rings. The maximum Gasteiger partial charge on any atom is 0.241 e. The number of nitrogens with zero attached hydrogens (tertiary/aromatic N) is 1. The number of ether oxygens (including phenoxy) is 1. The molecule has 146 valence electrons. The fourth-order valence-electron chi connectivity index (χ4n) is 2.20. The number of benzene rings is 1. The highest BCUT2D eigenvalue weighted by atomic mass is 16.5. The highest BCUT2D eigenvalue weighted by Gasteiger charge is 2.02. The summed E-state index contributed by atoms with van der Waals surface area (Å²) in [6, 6.07) is 10.1. The molecule has 26 heavy (non-hydrogen) atoms. The summed E-state index contributed by atoms with van der Waals surface area (Å²) >= 11 is 0. The fourth-order valence-corrected chi connectivity index (χ4v) is 2.20. The van der Waals surface area contributed by atoms with Gasteiger partial charge in [-0.1, -0.05) is 44.2 Å². The lowest BCUT2D eigenvalue weighted by Gasteiger charge is -2.12. The molecule has 0 aromatic heterocycles. The van der Waals surface area contributed by atoms with Crippen molar-refractivity contribution in [3.63, 3.8) is 0 Å². The van der Waals surface area contributed by atoms with Crippen LogP contribution in [0.25, 0.3) is 0 Å². The molecule has 0 bridgehead atoms. The lowest BCUT2D eigenvalue weighted by molar-refractivity contribution is -0.119. The smallest absolute Gasteiger partial charge is 0.241 e. The van der Waals surface area contributed by atoms with E-state index in [0.717, 1.165) is 26.0 Å². The standard InChI is InChI=1S/C20H34N4O2/c1-4-21-20(23-13-15-26-14-11-17(2)3)24-16-19(25)22-12-10-18-8-6-5-7-9-18/h5-9,17H,4,10-16H2,1-3H3,(H,22,25)(H2,21,23,24). The van der Waals surface area contributed by atoms with Crippen LogP contribution in [0, 0.1) is 5.92 Å². The van der Waals surface area contributed by atoms with Crippen LogP contribution >= 0.6 is 0 Å². The molecule has 0 spiro atoms. The zero-order valence-electron chi connectivity index (χ0n) is 16.4. The summed E-state index contributed by atoms with van der Waals surface area (Å²) in [7, 11) is 0. The Bertz CT molecular complexity index is 518. The Morgan fingerprint density at radius 3 is 2.54 bits per heavy atom. The van der Waals surface area contributed by atoms with Crippen molar-refractivity contribution in [3.8, 4) is 0 Å². The molecular weight excluding hydrogens is 328 g/mol. The van der Waals surface area contributed by atoms with Crippen molar-refractivity contribution in [2.75, 3.05) is 39.4 Å².